The van der Waals surface area contributed by atoms with Gasteiger partial charge in [0.25, 0.3) is 11.8 Å². The Balaban J connectivity index is 1.32. The second kappa shape index (κ2) is 10.4. The Bertz CT molecular complexity index is 1360. The van der Waals surface area contributed by atoms with Gasteiger partial charge in [0.2, 0.25) is 0 Å². The zero-order chi connectivity index (χ0) is 26.9. The number of para-hydroxylation sites is 2. The van der Waals surface area contributed by atoms with Crippen molar-refractivity contribution in [3.05, 3.63) is 77.7 Å². The highest BCUT2D eigenvalue weighted by molar-refractivity contribution is 5.93. The molecule has 2 fully saturated rings. The Kier molecular flexibility index (Phi) is 6.96. The molecule has 2 amide bonds. The van der Waals surface area contributed by atoms with Gasteiger partial charge in [0, 0.05) is 6.54 Å². The first-order valence-corrected chi connectivity index (χ1v) is 12.3. The summed E-state index contributed by atoms with van der Waals surface area (Å²) in [6.07, 6.45) is 2.67. The summed E-state index contributed by atoms with van der Waals surface area (Å²) in [5.74, 6) is -2.75. The van der Waals surface area contributed by atoms with Crippen molar-refractivity contribution in [2.45, 2.75) is 37.3 Å². The maximum Gasteiger partial charge on any atom is 0.272 e. The van der Waals surface area contributed by atoms with Crippen LogP contribution in [0.15, 0.2) is 54.6 Å². The topological polar surface area (TPSA) is 80.8 Å². The molecule has 1 aliphatic heterocycles. The van der Waals surface area contributed by atoms with E-state index >= 15 is 0 Å². The predicted molar refractivity (Wildman–Crippen MR) is 132 cm³/mol. The number of hydrogen-bond acceptors (Lipinski definition) is 5. The minimum atomic E-state index is -0.977. The zero-order valence-corrected chi connectivity index (χ0v) is 20.7. The SMILES string of the molecule is COc1ccccc1OCC(=O)N[C@@]12CCC[C@@H]1N(C(=O)c1ccc(F)c(-c3c(F)cccc3F)n1)CC2. The van der Waals surface area contributed by atoms with Crippen molar-refractivity contribution >= 4 is 11.8 Å². The minimum Gasteiger partial charge on any atom is -0.493 e. The van der Waals surface area contributed by atoms with E-state index in [0.29, 0.717) is 37.3 Å². The van der Waals surface area contributed by atoms with Gasteiger partial charge in [-0.2, -0.15) is 0 Å². The molecule has 0 unspecified atom stereocenters. The van der Waals surface area contributed by atoms with Gasteiger partial charge in [-0.15, -0.1) is 0 Å². The van der Waals surface area contributed by atoms with E-state index in [9.17, 15) is 22.8 Å². The van der Waals surface area contributed by atoms with Crippen LogP contribution in [-0.2, 0) is 4.79 Å². The molecule has 10 heteroatoms. The van der Waals surface area contributed by atoms with E-state index in [1.807, 2.05) is 0 Å². The Morgan fingerprint density at radius 2 is 1.74 bits per heavy atom. The number of likely N-dealkylation sites (tertiary alicyclic amines) is 1. The fraction of sp³-hybridized carbons (Fsp3) is 0.321. The molecule has 2 aromatic carbocycles. The summed E-state index contributed by atoms with van der Waals surface area (Å²) in [6, 6.07) is 12.1. The monoisotopic (exact) mass is 525 g/mol. The number of benzene rings is 2. The standard InChI is InChI=1S/C28H26F3N3O4/c1-37-21-8-2-3-9-22(21)38-16-24(35)33-28-13-5-10-23(28)34(15-14-28)27(36)20-12-11-19(31)26(32-20)25-17(29)6-4-7-18(25)30/h2-4,6-9,11-12,23H,5,10,13-16H2,1H3,(H,33,35)/t23-,28+/m0/s1. The molecule has 198 valence electrons. The number of halogens is 3. The maximum absolute atomic E-state index is 14.5. The van der Waals surface area contributed by atoms with Crippen molar-refractivity contribution in [3.63, 3.8) is 0 Å². The van der Waals surface area contributed by atoms with Crippen LogP contribution in [0.25, 0.3) is 11.3 Å². The van der Waals surface area contributed by atoms with Crippen molar-refractivity contribution in [3.8, 4) is 22.8 Å². The minimum absolute atomic E-state index is 0.127. The number of fused-ring (bicyclic) bond motifs is 1. The first kappa shape index (κ1) is 25.6. The summed E-state index contributed by atoms with van der Waals surface area (Å²) >= 11 is 0. The molecule has 1 N–H and O–H groups in total. The number of nitrogens with zero attached hydrogens (tertiary/aromatic N) is 2. The van der Waals surface area contributed by atoms with Gasteiger partial charge >= 0.3 is 0 Å². The third kappa shape index (κ3) is 4.66. The van der Waals surface area contributed by atoms with Gasteiger partial charge in [0.15, 0.2) is 18.1 Å². The van der Waals surface area contributed by atoms with Gasteiger partial charge in [-0.1, -0.05) is 18.2 Å². The van der Waals surface area contributed by atoms with Gasteiger partial charge in [-0.25, -0.2) is 18.2 Å². The number of nitrogens with one attached hydrogen (secondary N) is 1. The summed E-state index contributed by atoms with van der Waals surface area (Å²) in [5, 5.41) is 3.08. The first-order chi connectivity index (χ1) is 18.3. The Labute approximate surface area is 217 Å². The van der Waals surface area contributed by atoms with Gasteiger partial charge in [0.05, 0.1) is 24.3 Å². The van der Waals surface area contributed by atoms with Crippen LogP contribution >= 0.6 is 0 Å². The van der Waals surface area contributed by atoms with Gasteiger partial charge in [0.1, 0.15) is 28.8 Å². The molecule has 7 nitrogen and oxygen atoms in total. The second-order valence-corrected chi connectivity index (χ2v) is 9.42. The predicted octanol–water partition coefficient (Wildman–Crippen LogP) is 4.51. The molecule has 2 atom stereocenters. The molecule has 1 saturated heterocycles. The highest BCUT2D eigenvalue weighted by Gasteiger charge is 2.53. The van der Waals surface area contributed by atoms with Crippen LogP contribution in [0.3, 0.4) is 0 Å². The van der Waals surface area contributed by atoms with Gasteiger partial charge in [-0.3, -0.25) is 9.59 Å². The highest BCUT2D eigenvalue weighted by Crippen LogP contribution is 2.42. The third-order valence-corrected chi connectivity index (χ3v) is 7.26. The molecule has 0 radical (unpaired) electrons. The van der Waals surface area contributed by atoms with Gasteiger partial charge < -0.3 is 19.7 Å². The van der Waals surface area contributed by atoms with E-state index in [4.69, 9.17) is 9.47 Å². The Morgan fingerprint density at radius 1 is 1.00 bits per heavy atom. The van der Waals surface area contributed by atoms with Crippen molar-refractivity contribution in [2.24, 2.45) is 0 Å². The van der Waals surface area contributed by atoms with Crippen LogP contribution in [0.4, 0.5) is 13.2 Å². The summed E-state index contributed by atoms with van der Waals surface area (Å²) in [4.78, 5) is 31.9. The molecule has 3 aromatic rings. The van der Waals surface area contributed by atoms with E-state index in [1.54, 1.807) is 29.2 Å². The highest BCUT2D eigenvalue weighted by atomic mass is 19.1. The Hall–Kier alpha value is -4.08. The number of pyridine rings is 1. The number of ether oxygens (including phenoxy) is 2. The van der Waals surface area contributed by atoms with Crippen LogP contribution in [-0.4, -0.2) is 53.5 Å². The van der Waals surface area contributed by atoms with Crippen LogP contribution in [0.5, 0.6) is 11.5 Å². The molecule has 1 aliphatic carbocycles. The van der Waals surface area contributed by atoms with Crippen molar-refractivity contribution in [2.75, 3.05) is 20.3 Å². The van der Waals surface area contributed by atoms with E-state index in [-0.39, 0.29) is 24.2 Å². The molecule has 2 heterocycles. The molecule has 0 bridgehead atoms. The number of carbonyl (C=O) groups excluding carboxylic acids is 2. The van der Waals surface area contributed by atoms with E-state index < -0.39 is 40.2 Å². The van der Waals surface area contributed by atoms with Crippen molar-refractivity contribution in [1.29, 1.82) is 0 Å². The number of amides is 2. The lowest BCUT2D eigenvalue weighted by Crippen LogP contribution is -2.55. The maximum atomic E-state index is 14.5. The van der Waals surface area contributed by atoms with E-state index in [2.05, 4.69) is 10.3 Å². The first-order valence-electron chi connectivity index (χ1n) is 12.3. The number of carbonyl (C=O) groups is 2. The number of methoxy groups -OCH3 is 1. The fourth-order valence-electron chi connectivity index (χ4n) is 5.53. The van der Waals surface area contributed by atoms with E-state index in [1.165, 1.54) is 19.2 Å². The molecular formula is C28H26F3N3O4. The Morgan fingerprint density at radius 3 is 2.47 bits per heavy atom. The lowest BCUT2D eigenvalue weighted by atomic mass is 9.93. The zero-order valence-electron chi connectivity index (χ0n) is 20.7. The van der Waals surface area contributed by atoms with Gasteiger partial charge in [-0.05, 0) is 62.1 Å². The largest absolute Gasteiger partial charge is 0.493 e. The summed E-state index contributed by atoms with van der Waals surface area (Å²) < 4.78 is 54.1. The van der Waals surface area contributed by atoms with Crippen LogP contribution < -0.4 is 14.8 Å². The molecule has 38 heavy (non-hydrogen) atoms. The van der Waals surface area contributed by atoms with Crippen LogP contribution in [0, 0.1) is 17.5 Å². The smallest absolute Gasteiger partial charge is 0.272 e. The van der Waals surface area contributed by atoms with Crippen molar-refractivity contribution < 1.29 is 32.2 Å². The van der Waals surface area contributed by atoms with Crippen molar-refractivity contribution in [1.82, 2.24) is 15.2 Å². The average molecular weight is 526 g/mol. The lowest BCUT2D eigenvalue weighted by Gasteiger charge is -2.33. The van der Waals surface area contributed by atoms with E-state index in [0.717, 1.165) is 24.6 Å². The number of aromatic nitrogens is 1. The molecule has 2 aliphatic rings. The molecule has 0 spiro atoms. The number of hydrogen-bond donors (Lipinski definition) is 1. The fourth-order valence-corrected chi connectivity index (χ4v) is 5.53. The van der Waals surface area contributed by atoms with Crippen LogP contribution in [0.2, 0.25) is 0 Å². The lowest BCUT2D eigenvalue weighted by molar-refractivity contribution is -0.125. The summed E-state index contributed by atoms with van der Waals surface area (Å²) in [6.45, 7) is 0.124. The second-order valence-electron chi connectivity index (χ2n) is 9.42. The quantitative estimate of drug-likeness (QED) is 0.491. The number of rotatable bonds is 7. The molecule has 5 rings (SSSR count). The molecular weight excluding hydrogens is 499 g/mol. The summed E-state index contributed by atoms with van der Waals surface area (Å²) in [5.41, 5.74) is -1.95. The van der Waals surface area contributed by atoms with Crippen LogP contribution in [0.1, 0.15) is 36.2 Å². The molecule has 1 aromatic heterocycles. The molecule has 1 saturated carbocycles. The average Bonchev–Trinajstić information content (AvgIpc) is 3.46. The third-order valence-electron chi connectivity index (χ3n) is 7.26. The summed E-state index contributed by atoms with van der Waals surface area (Å²) in [7, 11) is 1.51. The normalized spacial score (nSPS) is 20.2.